The molecule has 2 nitrogen and oxygen atoms in total. The molecule has 2 aromatic carbocycles. The average molecular weight is 272 g/mol. The van der Waals surface area contributed by atoms with Crippen LogP contribution in [0.3, 0.4) is 0 Å². The number of hydrogen-bond donors (Lipinski definition) is 0. The van der Waals surface area contributed by atoms with Crippen LogP contribution in [-0.4, -0.2) is 12.9 Å². The third-order valence-electron chi connectivity index (χ3n) is 3.26. The molecular formula is C17H17FO2. The molecule has 0 fully saturated rings. The smallest absolute Gasteiger partial charge is 0.199 e. The summed E-state index contributed by atoms with van der Waals surface area (Å²) in [6.07, 6.45) is 0. The Morgan fingerprint density at radius 2 is 1.75 bits per heavy atom. The molecule has 2 aromatic rings. The molecular weight excluding hydrogens is 255 g/mol. The van der Waals surface area contributed by atoms with Gasteiger partial charge in [0.1, 0.15) is 11.6 Å². The Morgan fingerprint density at radius 1 is 1.05 bits per heavy atom. The van der Waals surface area contributed by atoms with Crippen molar-refractivity contribution < 1.29 is 13.9 Å². The van der Waals surface area contributed by atoms with Crippen LogP contribution in [0.25, 0.3) is 0 Å². The summed E-state index contributed by atoms with van der Waals surface area (Å²) in [5.74, 6) is -0.374. The summed E-state index contributed by atoms with van der Waals surface area (Å²) in [4.78, 5) is 12.6. The van der Waals surface area contributed by atoms with Crippen LogP contribution in [0, 0.1) is 26.6 Å². The van der Waals surface area contributed by atoms with Crippen molar-refractivity contribution in [3.8, 4) is 5.75 Å². The van der Waals surface area contributed by atoms with Gasteiger partial charge in [0.2, 0.25) is 0 Å². The van der Waals surface area contributed by atoms with Crippen molar-refractivity contribution in [2.24, 2.45) is 0 Å². The Balaban J connectivity index is 2.58. The zero-order valence-electron chi connectivity index (χ0n) is 12.1. The van der Waals surface area contributed by atoms with E-state index in [0.29, 0.717) is 16.9 Å². The molecule has 0 aliphatic carbocycles. The monoisotopic (exact) mass is 272 g/mol. The molecule has 3 heteroatoms. The van der Waals surface area contributed by atoms with Gasteiger partial charge in [-0.25, -0.2) is 4.39 Å². The van der Waals surface area contributed by atoms with Crippen molar-refractivity contribution in [1.29, 1.82) is 0 Å². The molecule has 0 saturated heterocycles. The van der Waals surface area contributed by atoms with Gasteiger partial charge in [-0.05, 0) is 55.7 Å². The minimum absolute atomic E-state index is 0.109. The van der Waals surface area contributed by atoms with Crippen LogP contribution in [0.5, 0.6) is 5.75 Å². The first-order valence-corrected chi connectivity index (χ1v) is 6.40. The Labute approximate surface area is 118 Å². The number of hydrogen-bond acceptors (Lipinski definition) is 2. The van der Waals surface area contributed by atoms with E-state index in [0.717, 1.165) is 11.1 Å². The third kappa shape index (κ3) is 2.57. The average Bonchev–Trinajstić information content (AvgIpc) is 2.37. The lowest BCUT2D eigenvalue weighted by Gasteiger charge is -2.11. The van der Waals surface area contributed by atoms with E-state index in [-0.39, 0.29) is 11.3 Å². The van der Waals surface area contributed by atoms with Crippen molar-refractivity contribution in [1.82, 2.24) is 0 Å². The molecule has 0 saturated carbocycles. The molecule has 0 spiro atoms. The van der Waals surface area contributed by atoms with Crippen LogP contribution in [0.1, 0.15) is 32.6 Å². The van der Waals surface area contributed by atoms with Gasteiger partial charge in [0, 0.05) is 0 Å². The lowest BCUT2D eigenvalue weighted by Crippen LogP contribution is -2.09. The maximum Gasteiger partial charge on any atom is 0.199 e. The summed E-state index contributed by atoms with van der Waals surface area (Å²) in [5.41, 5.74) is 2.91. The van der Waals surface area contributed by atoms with E-state index in [9.17, 15) is 9.18 Å². The van der Waals surface area contributed by atoms with Crippen LogP contribution in [0.2, 0.25) is 0 Å². The van der Waals surface area contributed by atoms with E-state index in [1.807, 2.05) is 13.0 Å². The highest BCUT2D eigenvalue weighted by atomic mass is 19.1. The van der Waals surface area contributed by atoms with Crippen LogP contribution >= 0.6 is 0 Å². The lowest BCUT2D eigenvalue weighted by molar-refractivity contribution is 0.103. The summed E-state index contributed by atoms with van der Waals surface area (Å²) < 4.78 is 19.3. The van der Waals surface area contributed by atoms with Crippen LogP contribution in [0.15, 0.2) is 30.3 Å². The number of carbonyl (C=O) groups is 1. The Kier molecular flexibility index (Phi) is 3.89. The fourth-order valence-electron chi connectivity index (χ4n) is 2.32. The summed E-state index contributed by atoms with van der Waals surface area (Å²) >= 11 is 0. The highest BCUT2D eigenvalue weighted by molar-refractivity contribution is 6.11. The highest BCUT2D eigenvalue weighted by Gasteiger charge is 2.20. The number of methoxy groups -OCH3 is 1. The van der Waals surface area contributed by atoms with Crippen molar-refractivity contribution in [3.63, 3.8) is 0 Å². The molecule has 20 heavy (non-hydrogen) atoms. The first-order chi connectivity index (χ1) is 9.43. The quantitative estimate of drug-likeness (QED) is 0.790. The van der Waals surface area contributed by atoms with Gasteiger partial charge in [0.25, 0.3) is 0 Å². The summed E-state index contributed by atoms with van der Waals surface area (Å²) in [6.45, 7) is 5.45. The summed E-state index contributed by atoms with van der Waals surface area (Å²) in [7, 11) is 1.50. The molecule has 0 heterocycles. The van der Waals surface area contributed by atoms with Gasteiger partial charge in [-0.15, -0.1) is 0 Å². The second-order valence-electron chi connectivity index (χ2n) is 4.97. The second kappa shape index (κ2) is 5.45. The van der Waals surface area contributed by atoms with Crippen molar-refractivity contribution >= 4 is 5.78 Å². The molecule has 0 unspecified atom stereocenters. The van der Waals surface area contributed by atoms with E-state index in [4.69, 9.17) is 4.74 Å². The highest BCUT2D eigenvalue weighted by Crippen LogP contribution is 2.26. The van der Waals surface area contributed by atoms with E-state index < -0.39 is 5.82 Å². The Hall–Kier alpha value is -2.16. The minimum Gasteiger partial charge on any atom is -0.496 e. The third-order valence-corrected chi connectivity index (χ3v) is 3.26. The van der Waals surface area contributed by atoms with Crippen LogP contribution in [-0.2, 0) is 0 Å². The number of aryl methyl sites for hydroxylation is 3. The predicted molar refractivity (Wildman–Crippen MR) is 77.0 cm³/mol. The number of carbonyl (C=O) groups excluding carboxylic acids is 1. The minimum atomic E-state index is -0.491. The number of benzene rings is 2. The largest absolute Gasteiger partial charge is 0.496 e. The van der Waals surface area contributed by atoms with E-state index in [2.05, 4.69) is 0 Å². The maximum absolute atomic E-state index is 14.1. The van der Waals surface area contributed by atoms with E-state index >= 15 is 0 Å². The van der Waals surface area contributed by atoms with Crippen LogP contribution in [0.4, 0.5) is 4.39 Å². The van der Waals surface area contributed by atoms with Gasteiger partial charge in [-0.2, -0.15) is 0 Å². The van der Waals surface area contributed by atoms with Gasteiger partial charge in [-0.3, -0.25) is 4.79 Å². The van der Waals surface area contributed by atoms with Gasteiger partial charge in [0.15, 0.2) is 5.78 Å². The van der Waals surface area contributed by atoms with Crippen molar-refractivity contribution in [3.05, 3.63) is 64.0 Å². The van der Waals surface area contributed by atoms with E-state index in [1.165, 1.54) is 13.2 Å². The topological polar surface area (TPSA) is 26.3 Å². The molecule has 2 rings (SSSR count). The van der Waals surface area contributed by atoms with E-state index in [1.54, 1.807) is 32.0 Å². The molecule has 0 N–H and O–H groups in total. The molecule has 0 aliphatic heterocycles. The molecule has 0 aromatic heterocycles. The number of rotatable bonds is 3. The predicted octanol–water partition coefficient (Wildman–Crippen LogP) is 3.99. The zero-order valence-corrected chi connectivity index (χ0v) is 12.1. The zero-order chi connectivity index (χ0) is 14.9. The fraction of sp³-hybridized carbons (Fsp3) is 0.235. The SMILES string of the molecule is COc1cc(C)ccc1C(=O)c1c(C)cc(C)cc1F. The van der Waals surface area contributed by atoms with Gasteiger partial charge < -0.3 is 4.74 Å². The number of halogens is 1. The summed E-state index contributed by atoms with van der Waals surface area (Å²) in [5, 5.41) is 0. The fourth-order valence-corrected chi connectivity index (χ4v) is 2.32. The molecule has 0 aliphatic rings. The normalized spacial score (nSPS) is 10.4. The number of ketones is 1. The molecule has 0 bridgehead atoms. The maximum atomic E-state index is 14.1. The van der Waals surface area contributed by atoms with Crippen LogP contribution < -0.4 is 4.74 Å². The molecule has 0 amide bonds. The van der Waals surface area contributed by atoms with Gasteiger partial charge >= 0.3 is 0 Å². The Morgan fingerprint density at radius 3 is 2.35 bits per heavy atom. The summed E-state index contributed by atoms with van der Waals surface area (Å²) in [6, 6.07) is 8.44. The van der Waals surface area contributed by atoms with Crippen molar-refractivity contribution in [2.45, 2.75) is 20.8 Å². The standard InChI is InChI=1S/C17H17FO2/c1-10-5-6-13(15(9-10)20-4)17(19)16-12(3)7-11(2)8-14(16)18/h5-9H,1-4H3. The first-order valence-electron chi connectivity index (χ1n) is 6.40. The number of ether oxygens (including phenoxy) is 1. The first kappa shape index (κ1) is 14.3. The van der Waals surface area contributed by atoms with Gasteiger partial charge in [0.05, 0.1) is 18.2 Å². The molecule has 0 atom stereocenters. The van der Waals surface area contributed by atoms with Gasteiger partial charge in [-0.1, -0.05) is 12.1 Å². The van der Waals surface area contributed by atoms with Crippen molar-refractivity contribution in [2.75, 3.05) is 7.11 Å². The lowest BCUT2D eigenvalue weighted by atomic mass is 9.96. The second-order valence-corrected chi connectivity index (χ2v) is 4.97. The Bertz CT molecular complexity index is 652. The molecule has 0 radical (unpaired) electrons. The molecule has 104 valence electrons.